The first-order valence-corrected chi connectivity index (χ1v) is 7.43. The third kappa shape index (κ3) is 3.75. The molecule has 2 rings (SSSR count). The molecule has 0 spiro atoms. The highest BCUT2D eigenvalue weighted by molar-refractivity contribution is 7.99. The second kappa shape index (κ2) is 6.25. The van der Waals surface area contributed by atoms with Crippen LogP contribution in [0.15, 0.2) is 23.4 Å². The molecule has 98 valence electrons. The summed E-state index contributed by atoms with van der Waals surface area (Å²) in [5.41, 5.74) is 3.45. The number of aryl methyl sites for hydroxylation is 1. The van der Waals surface area contributed by atoms with Crippen LogP contribution in [-0.4, -0.2) is 28.8 Å². The van der Waals surface area contributed by atoms with Crippen molar-refractivity contribution >= 4 is 22.8 Å². The molecule has 0 unspecified atom stereocenters. The van der Waals surface area contributed by atoms with E-state index in [1.54, 1.807) is 11.8 Å². The lowest BCUT2D eigenvalue weighted by atomic mass is 10.2. The zero-order chi connectivity index (χ0) is 13.0. The van der Waals surface area contributed by atoms with Crippen LogP contribution in [0.1, 0.15) is 19.4 Å². The van der Waals surface area contributed by atoms with Gasteiger partial charge in [-0.05, 0) is 37.1 Å². The fourth-order valence-electron chi connectivity index (χ4n) is 1.78. The average molecular weight is 263 g/mol. The molecule has 0 atom stereocenters. The van der Waals surface area contributed by atoms with Gasteiger partial charge in [0.15, 0.2) is 5.16 Å². The van der Waals surface area contributed by atoms with E-state index in [9.17, 15) is 0 Å². The second-order valence-electron chi connectivity index (χ2n) is 5.01. The fraction of sp³-hybridized carbons (Fsp3) is 0.500. The molecule has 0 fully saturated rings. The Bertz CT molecular complexity index is 505. The lowest BCUT2D eigenvalue weighted by Crippen LogP contribution is -2.22. The molecule has 0 saturated heterocycles. The predicted molar refractivity (Wildman–Crippen MR) is 79.3 cm³/mol. The van der Waals surface area contributed by atoms with Gasteiger partial charge in [0, 0.05) is 12.3 Å². The Morgan fingerprint density at radius 2 is 2.22 bits per heavy atom. The van der Waals surface area contributed by atoms with Crippen LogP contribution in [0.5, 0.6) is 0 Å². The predicted octanol–water partition coefficient (Wildman–Crippen LogP) is 3.21. The number of imidazole rings is 1. The largest absolute Gasteiger partial charge is 0.333 e. The molecule has 2 aromatic rings. The molecule has 0 radical (unpaired) electrons. The maximum absolute atomic E-state index is 4.57. The fourth-order valence-corrected chi connectivity index (χ4v) is 2.56. The molecule has 18 heavy (non-hydrogen) atoms. The number of nitrogens with one attached hydrogen (secondary N) is 2. The van der Waals surface area contributed by atoms with Crippen molar-refractivity contribution in [2.75, 3.05) is 18.8 Å². The highest BCUT2D eigenvalue weighted by Crippen LogP contribution is 2.19. The highest BCUT2D eigenvalue weighted by atomic mass is 32.2. The van der Waals surface area contributed by atoms with Gasteiger partial charge in [-0.3, -0.25) is 0 Å². The third-order valence-corrected chi connectivity index (χ3v) is 3.56. The first-order valence-electron chi connectivity index (χ1n) is 6.45. The van der Waals surface area contributed by atoms with E-state index in [2.05, 4.69) is 54.3 Å². The second-order valence-corrected chi connectivity index (χ2v) is 6.09. The topological polar surface area (TPSA) is 40.7 Å². The Labute approximate surface area is 113 Å². The van der Waals surface area contributed by atoms with E-state index in [4.69, 9.17) is 0 Å². The number of aromatic amines is 1. The van der Waals surface area contributed by atoms with E-state index < -0.39 is 0 Å². The molecule has 4 heteroatoms. The summed E-state index contributed by atoms with van der Waals surface area (Å²) in [6.07, 6.45) is 0. The number of nitrogens with zero attached hydrogens (tertiary/aromatic N) is 1. The van der Waals surface area contributed by atoms with Crippen LogP contribution < -0.4 is 5.32 Å². The van der Waals surface area contributed by atoms with Crippen LogP contribution in [0.4, 0.5) is 0 Å². The maximum Gasteiger partial charge on any atom is 0.166 e. The van der Waals surface area contributed by atoms with Crippen LogP contribution in [0.2, 0.25) is 0 Å². The van der Waals surface area contributed by atoms with Crippen molar-refractivity contribution in [1.82, 2.24) is 15.3 Å². The smallest absolute Gasteiger partial charge is 0.166 e. The van der Waals surface area contributed by atoms with Crippen molar-refractivity contribution in [2.45, 2.75) is 25.9 Å². The van der Waals surface area contributed by atoms with Gasteiger partial charge in [0.05, 0.1) is 11.0 Å². The van der Waals surface area contributed by atoms with E-state index >= 15 is 0 Å². The molecule has 1 aromatic heterocycles. The monoisotopic (exact) mass is 263 g/mol. The van der Waals surface area contributed by atoms with Crippen LogP contribution >= 0.6 is 11.8 Å². The van der Waals surface area contributed by atoms with Crippen LogP contribution in [0.25, 0.3) is 11.0 Å². The van der Waals surface area contributed by atoms with Gasteiger partial charge in [-0.15, -0.1) is 0 Å². The number of aromatic nitrogens is 2. The van der Waals surface area contributed by atoms with Gasteiger partial charge in [0.2, 0.25) is 0 Å². The Morgan fingerprint density at radius 3 is 3.00 bits per heavy atom. The Kier molecular flexibility index (Phi) is 4.66. The third-order valence-electron chi connectivity index (χ3n) is 2.69. The lowest BCUT2D eigenvalue weighted by Gasteiger charge is -2.05. The first kappa shape index (κ1) is 13.4. The molecule has 0 amide bonds. The number of thioether (sulfide) groups is 1. The number of hydrogen-bond donors (Lipinski definition) is 2. The zero-order valence-electron chi connectivity index (χ0n) is 11.3. The Morgan fingerprint density at radius 1 is 1.39 bits per heavy atom. The quantitative estimate of drug-likeness (QED) is 0.621. The molecule has 0 saturated carbocycles. The van der Waals surface area contributed by atoms with Crippen LogP contribution in [0.3, 0.4) is 0 Å². The van der Waals surface area contributed by atoms with Crippen molar-refractivity contribution in [3.63, 3.8) is 0 Å². The minimum absolute atomic E-state index is 0.712. The summed E-state index contributed by atoms with van der Waals surface area (Å²) in [5.74, 6) is 1.76. The summed E-state index contributed by atoms with van der Waals surface area (Å²) >= 11 is 1.77. The molecular formula is C14H21N3S. The Hall–Kier alpha value is -1.00. The molecule has 0 bridgehead atoms. The van der Waals surface area contributed by atoms with E-state index in [0.717, 1.165) is 35.0 Å². The Balaban J connectivity index is 1.84. The molecular weight excluding hydrogens is 242 g/mol. The number of rotatable bonds is 6. The molecule has 0 aliphatic rings. The van der Waals surface area contributed by atoms with Gasteiger partial charge in [-0.2, -0.15) is 0 Å². The number of H-pyrrole nitrogens is 1. The summed E-state index contributed by atoms with van der Waals surface area (Å²) in [7, 11) is 0. The van der Waals surface area contributed by atoms with Gasteiger partial charge in [0.25, 0.3) is 0 Å². The van der Waals surface area contributed by atoms with Crippen molar-refractivity contribution in [3.8, 4) is 0 Å². The molecule has 2 N–H and O–H groups in total. The minimum Gasteiger partial charge on any atom is -0.333 e. The van der Waals surface area contributed by atoms with E-state index in [1.165, 1.54) is 5.56 Å². The average Bonchev–Trinajstić information content (AvgIpc) is 2.70. The van der Waals surface area contributed by atoms with Crippen molar-refractivity contribution in [2.24, 2.45) is 5.92 Å². The lowest BCUT2D eigenvalue weighted by molar-refractivity contribution is 0.568. The van der Waals surface area contributed by atoms with E-state index in [0.29, 0.717) is 5.92 Å². The normalized spacial score (nSPS) is 11.6. The van der Waals surface area contributed by atoms with Crippen LogP contribution in [-0.2, 0) is 0 Å². The summed E-state index contributed by atoms with van der Waals surface area (Å²) in [6, 6.07) is 6.31. The maximum atomic E-state index is 4.57. The summed E-state index contributed by atoms with van der Waals surface area (Å²) in [5, 5.41) is 4.45. The number of hydrogen-bond acceptors (Lipinski definition) is 3. The standard InChI is InChI=1S/C14H21N3S/c1-10(2)9-15-6-7-18-14-16-12-5-4-11(3)8-13(12)17-14/h4-5,8,10,15H,6-7,9H2,1-3H3,(H,16,17). The SMILES string of the molecule is Cc1ccc2nc(SCCNCC(C)C)[nH]c2c1. The van der Waals surface area contributed by atoms with Gasteiger partial charge in [-0.1, -0.05) is 31.7 Å². The van der Waals surface area contributed by atoms with Gasteiger partial charge >= 0.3 is 0 Å². The molecule has 3 nitrogen and oxygen atoms in total. The molecule has 1 aromatic carbocycles. The molecule has 1 heterocycles. The number of fused-ring (bicyclic) bond motifs is 1. The molecule has 0 aliphatic carbocycles. The van der Waals surface area contributed by atoms with Crippen LogP contribution in [0, 0.1) is 12.8 Å². The van der Waals surface area contributed by atoms with E-state index in [-0.39, 0.29) is 0 Å². The van der Waals surface area contributed by atoms with Gasteiger partial charge < -0.3 is 10.3 Å². The molecule has 0 aliphatic heterocycles. The van der Waals surface area contributed by atoms with Crippen molar-refractivity contribution < 1.29 is 0 Å². The first-order chi connectivity index (χ1) is 8.65. The van der Waals surface area contributed by atoms with E-state index in [1.807, 2.05) is 0 Å². The minimum atomic E-state index is 0.712. The van der Waals surface area contributed by atoms with Gasteiger partial charge in [0.1, 0.15) is 0 Å². The summed E-state index contributed by atoms with van der Waals surface area (Å²) < 4.78 is 0. The number of benzene rings is 1. The van der Waals surface area contributed by atoms with Crippen molar-refractivity contribution in [1.29, 1.82) is 0 Å². The summed E-state index contributed by atoms with van der Waals surface area (Å²) in [6.45, 7) is 8.66. The van der Waals surface area contributed by atoms with Gasteiger partial charge in [-0.25, -0.2) is 4.98 Å². The summed E-state index contributed by atoms with van der Waals surface area (Å²) in [4.78, 5) is 7.93. The highest BCUT2D eigenvalue weighted by Gasteiger charge is 2.03. The van der Waals surface area contributed by atoms with Crippen molar-refractivity contribution in [3.05, 3.63) is 23.8 Å². The zero-order valence-corrected chi connectivity index (χ0v) is 12.1.